The Morgan fingerprint density at radius 1 is 0.970 bits per heavy atom. The number of fused-ring (bicyclic) bond motifs is 1. The standard InChI is InChI=1S/C26H28N2O4S/c1-17-14-19(3)22(15-18(17)2)20(4)27-26(29)25-16-28(23-12-8-9-13-24(23)32-25)33(30,31)21-10-6-5-7-11-21/h5-15,20,25H,16H2,1-4H3,(H,27,29)/t20-,25+/m0/s1. The third-order valence-electron chi connectivity index (χ3n) is 6.07. The predicted octanol–water partition coefficient (Wildman–Crippen LogP) is 4.45. The van der Waals surface area contributed by atoms with E-state index in [2.05, 4.69) is 24.4 Å². The van der Waals surface area contributed by atoms with E-state index in [1.165, 1.54) is 9.87 Å². The first-order valence-electron chi connectivity index (χ1n) is 10.9. The van der Waals surface area contributed by atoms with Crippen LogP contribution >= 0.6 is 0 Å². The molecule has 1 aliphatic rings. The fourth-order valence-electron chi connectivity index (χ4n) is 4.12. The van der Waals surface area contributed by atoms with E-state index in [0.717, 1.165) is 16.7 Å². The van der Waals surface area contributed by atoms with Gasteiger partial charge in [0.05, 0.1) is 23.2 Å². The first-order chi connectivity index (χ1) is 15.7. The van der Waals surface area contributed by atoms with E-state index < -0.39 is 16.1 Å². The van der Waals surface area contributed by atoms with Gasteiger partial charge in [-0.05, 0) is 74.2 Å². The SMILES string of the molecule is Cc1cc(C)c([C@H](C)NC(=O)[C@H]2CN(S(=O)(=O)c3ccccc3)c3ccccc3O2)cc1C. The highest BCUT2D eigenvalue weighted by Gasteiger charge is 2.37. The maximum absolute atomic E-state index is 13.4. The Labute approximate surface area is 195 Å². The number of benzene rings is 3. The highest BCUT2D eigenvalue weighted by atomic mass is 32.2. The van der Waals surface area contributed by atoms with Crippen LogP contribution in [0.5, 0.6) is 5.75 Å². The minimum atomic E-state index is -3.87. The number of nitrogens with zero attached hydrogens (tertiary/aromatic N) is 1. The van der Waals surface area contributed by atoms with Crippen LogP contribution in [0.15, 0.2) is 71.6 Å². The monoisotopic (exact) mass is 464 g/mol. The maximum atomic E-state index is 13.4. The molecule has 1 N–H and O–H groups in total. The molecule has 1 aliphatic heterocycles. The molecule has 0 spiro atoms. The molecule has 172 valence electrons. The highest BCUT2D eigenvalue weighted by molar-refractivity contribution is 7.92. The molecule has 0 bridgehead atoms. The normalized spacial score (nSPS) is 16.5. The lowest BCUT2D eigenvalue weighted by molar-refractivity contribution is -0.128. The Hall–Kier alpha value is -3.32. The minimum absolute atomic E-state index is 0.112. The van der Waals surface area contributed by atoms with Gasteiger partial charge in [0, 0.05) is 0 Å². The molecule has 0 saturated carbocycles. The summed E-state index contributed by atoms with van der Waals surface area (Å²) in [4.78, 5) is 13.4. The van der Waals surface area contributed by atoms with Crippen LogP contribution in [-0.4, -0.2) is 27.0 Å². The summed E-state index contributed by atoms with van der Waals surface area (Å²) in [7, 11) is -3.87. The molecule has 0 unspecified atom stereocenters. The molecule has 1 amide bonds. The summed E-state index contributed by atoms with van der Waals surface area (Å²) in [6.45, 7) is 7.93. The van der Waals surface area contributed by atoms with Crippen LogP contribution in [0, 0.1) is 20.8 Å². The third kappa shape index (κ3) is 4.46. The number of hydrogen-bond acceptors (Lipinski definition) is 4. The first-order valence-corrected chi connectivity index (χ1v) is 12.3. The Morgan fingerprint density at radius 3 is 2.33 bits per heavy atom. The number of carbonyl (C=O) groups is 1. The lowest BCUT2D eigenvalue weighted by Crippen LogP contribution is -2.51. The molecule has 3 aromatic rings. The molecule has 1 heterocycles. The summed E-state index contributed by atoms with van der Waals surface area (Å²) in [6.07, 6.45) is -0.979. The van der Waals surface area contributed by atoms with Gasteiger partial charge in [-0.1, -0.05) is 42.5 Å². The van der Waals surface area contributed by atoms with Gasteiger partial charge >= 0.3 is 0 Å². The lowest BCUT2D eigenvalue weighted by Gasteiger charge is -2.35. The predicted molar refractivity (Wildman–Crippen MR) is 129 cm³/mol. The number of para-hydroxylation sites is 2. The quantitative estimate of drug-likeness (QED) is 0.606. The molecule has 0 fully saturated rings. The molecule has 6 nitrogen and oxygen atoms in total. The van der Waals surface area contributed by atoms with Crippen molar-refractivity contribution in [3.63, 3.8) is 0 Å². The fourth-order valence-corrected chi connectivity index (χ4v) is 5.62. The van der Waals surface area contributed by atoms with Crippen molar-refractivity contribution in [1.82, 2.24) is 5.32 Å². The van der Waals surface area contributed by atoms with E-state index in [4.69, 9.17) is 4.74 Å². The third-order valence-corrected chi connectivity index (χ3v) is 7.86. The number of anilines is 1. The second-order valence-electron chi connectivity index (χ2n) is 8.45. The van der Waals surface area contributed by atoms with Crippen molar-refractivity contribution in [3.8, 4) is 5.75 Å². The number of nitrogens with one attached hydrogen (secondary N) is 1. The summed E-state index contributed by atoms with van der Waals surface area (Å²) in [5.74, 6) is 0.00122. The van der Waals surface area contributed by atoms with E-state index in [1.54, 1.807) is 54.6 Å². The number of aryl methyl sites for hydroxylation is 3. The highest BCUT2D eigenvalue weighted by Crippen LogP contribution is 2.37. The van der Waals surface area contributed by atoms with E-state index in [1.807, 2.05) is 20.8 Å². The average Bonchev–Trinajstić information content (AvgIpc) is 2.81. The van der Waals surface area contributed by atoms with E-state index >= 15 is 0 Å². The Bertz CT molecular complexity index is 1290. The van der Waals surface area contributed by atoms with Gasteiger partial charge in [0.2, 0.25) is 0 Å². The zero-order chi connectivity index (χ0) is 23.8. The summed E-state index contributed by atoms with van der Waals surface area (Å²) in [6, 6.07) is 19.0. The van der Waals surface area contributed by atoms with Crippen LogP contribution in [0.3, 0.4) is 0 Å². The molecule has 0 radical (unpaired) electrons. The van der Waals surface area contributed by atoms with Crippen molar-refractivity contribution < 1.29 is 17.9 Å². The van der Waals surface area contributed by atoms with Crippen molar-refractivity contribution >= 4 is 21.6 Å². The van der Waals surface area contributed by atoms with Gasteiger partial charge in [-0.2, -0.15) is 0 Å². The molecule has 3 aromatic carbocycles. The number of ether oxygens (including phenoxy) is 1. The van der Waals surface area contributed by atoms with Gasteiger partial charge in [0.1, 0.15) is 5.75 Å². The minimum Gasteiger partial charge on any atom is -0.476 e. The van der Waals surface area contributed by atoms with E-state index in [-0.39, 0.29) is 23.4 Å². The fraction of sp³-hybridized carbons (Fsp3) is 0.269. The second kappa shape index (κ2) is 8.90. The molecule has 0 saturated heterocycles. The van der Waals surface area contributed by atoms with Gasteiger partial charge < -0.3 is 10.1 Å². The zero-order valence-electron chi connectivity index (χ0n) is 19.2. The summed E-state index contributed by atoms with van der Waals surface area (Å²) in [5, 5.41) is 3.01. The van der Waals surface area contributed by atoms with Crippen LogP contribution in [0.25, 0.3) is 0 Å². The van der Waals surface area contributed by atoms with Gasteiger partial charge in [0.15, 0.2) is 6.10 Å². The van der Waals surface area contributed by atoms with Crippen LogP contribution in [0.2, 0.25) is 0 Å². The largest absolute Gasteiger partial charge is 0.476 e. The topological polar surface area (TPSA) is 75.7 Å². The van der Waals surface area contributed by atoms with Crippen molar-refractivity contribution in [3.05, 3.63) is 89.0 Å². The first kappa shape index (κ1) is 22.9. The van der Waals surface area contributed by atoms with Crippen molar-refractivity contribution in [2.24, 2.45) is 0 Å². The van der Waals surface area contributed by atoms with Gasteiger partial charge in [-0.15, -0.1) is 0 Å². The average molecular weight is 465 g/mol. The van der Waals surface area contributed by atoms with Crippen molar-refractivity contribution in [2.75, 3.05) is 10.8 Å². The summed E-state index contributed by atoms with van der Waals surface area (Å²) in [5.41, 5.74) is 4.89. The number of rotatable bonds is 5. The number of carbonyl (C=O) groups excluding carboxylic acids is 1. The van der Waals surface area contributed by atoms with E-state index in [0.29, 0.717) is 11.4 Å². The molecular formula is C26H28N2O4S. The van der Waals surface area contributed by atoms with Gasteiger partial charge in [0.25, 0.3) is 15.9 Å². The number of sulfonamides is 1. The second-order valence-corrected chi connectivity index (χ2v) is 10.3. The molecular weight excluding hydrogens is 436 g/mol. The zero-order valence-corrected chi connectivity index (χ0v) is 20.0. The van der Waals surface area contributed by atoms with Crippen molar-refractivity contribution in [2.45, 2.75) is 44.7 Å². The number of hydrogen-bond donors (Lipinski definition) is 1. The molecule has 0 aromatic heterocycles. The molecule has 33 heavy (non-hydrogen) atoms. The molecule has 0 aliphatic carbocycles. The summed E-state index contributed by atoms with van der Waals surface area (Å²) < 4.78 is 34.0. The Balaban J connectivity index is 1.62. The van der Waals surface area contributed by atoms with Crippen LogP contribution < -0.4 is 14.4 Å². The van der Waals surface area contributed by atoms with Crippen LogP contribution in [0.1, 0.15) is 35.2 Å². The molecule has 7 heteroatoms. The Morgan fingerprint density at radius 2 is 1.61 bits per heavy atom. The maximum Gasteiger partial charge on any atom is 0.264 e. The van der Waals surface area contributed by atoms with Crippen molar-refractivity contribution in [1.29, 1.82) is 0 Å². The lowest BCUT2D eigenvalue weighted by atomic mass is 9.96. The van der Waals surface area contributed by atoms with Gasteiger partial charge in [-0.3, -0.25) is 9.10 Å². The van der Waals surface area contributed by atoms with E-state index in [9.17, 15) is 13.2 Å². The molecule has 2 atom stereocenters. The smallest absolute Gasteiger partial charge is 0.264 e. The van der Waals surface area contributed by atoms with Crippen LogP contribution in [-0.2, 0) is 14.8 Å². The Kier molecular flexibility index (Phi) is 6.17. The van der Waals surface area contributed by atoms with Gasteiger partial charge in [-0.25, -0.2) is 8.42 Å². The molecule has 4 rings (SSSR count). The van der Waals surface area contributed by atoms with Crippen LogP contribution in [0.4, 0.5) is 5.69 Å². The number of amides is 1. The summed E-state index contributed by atoms with van der Waals surface area (Å²) >= 11 is 0.